The molecule has 0 aliphatic heterocycles. The molecule has 0 unspecified atom stereocenters. The number of anilines is 1. The lowest BCUT2D eigenvalue weighted by Crippen LogP contribution is -2.13. The Kier molecular flexibility index (Phi) is 3.62. The van der Waals surface area contributed by atoms with Crippen LogP contribution in [0.2, 0.25) is 5.02 Å². The van der Waals surface area contributed by atoms with Gasteiger partial charge in [0.25, 0.3) is 5.91 Å². The van der Waals surface area contributed by atoms with Gasteiger partial charge in [0, 0.05) is 21.7 Å². The average Bonchev–Trinajstić information content (AvgIpc) is 2.81. The number of carbonyl (C=O) groups excluding carboxylic acids is 1. The highest BCUT2D eigenvalue weighted by molar-refractivity contribution is 6.31. The first-order valence-corrected chi connectivity index (χ1v) is 7.10. The number of furan rings is 1. The van der Waals surface area contributed by atoms with Crippen LogP contribution >= 0.6 is 11.6 Å². The van der Waals surface area contributed by atoms with Crippen LogP contribution < -0.4 is 5.32 Å². The van der Waals surface area contributed by atoms with Crippen LogP contribution in [0.25, 0.3) is 11.0 Å². The Labute approximate surface area is 131 Å². The molecule has 1 N–H and O–H groups in total. The van der Waals surface area contributed by atoms with Crippen molar-refractivity contribution in [2.75, 3.05) is 5.32 Å². The fourth-order valence-corrected chi connectivity index (χ4v) is 2.51. The van der Waals surface area contributed by atoms with E-state index >= 15 is 0 Å². The van der Waals surface area contributed by atoms with Crippen LogP contribution in [0.3, 0.4) is 0 Å². The van der Waals surface area contributed by atoms with E-state index in [-0.39, 0.29) is 17.5 Å². The van der Waals surface area contributed by atoms with Crippen molar-refractivity contribution in [3.8, 4) is 0 Å². The highest BCUT2D eigenvalue weighted by atomic mass is 35.5. The molecule has 0 fully saturated rings. The normalized spacial score (nSPS) is 10.9. The number of hydrogen-bond acceptors (Lipinski definition) is 2. The molecule has 3 rings (SSSR count). The number of hydrogen-bond donors (Lipinski definition) is 1. The second-order valence-electron chi connectivity index (χ2n) is 5.06. The van der Waals surface area contributed by atoms with Crippen LogP contribution in [0.4, 0.5) is 10.1 Å². The van der Waals surface area contributed by atoms with Crippen LogP contribution in [-0.4, -0.2) is 5.91 Å². The minimum Gasteiger partial charge on any atom is -0.451 e. The third-order valence-electron chi connectivity index (χ3n) is 3.62. The molecule has 3 nitrogen and oxygen atoms in total. The number of rotatable bonds is 2. The highest BCUT2D eigenvalue weighted by Crippen LogP contribution is 2.28. The summed E-state index contributed by atoms with van der Waals surface area (Å²) in [5, 5.41) is 3.93. The number of benzene rings is 2. The van der Waals surface area contributed by atoms with E-state index in [0.29, 0.717) is 27.2 Å². The molecule has 0 radical (unpaired) electrons. The lowest BCUT2D eigenvalue weighted by atomic mass is 10.1. The summed E-state index contributed by atoms with van der Waals surface area (Å²) in [6.45, 7) is 3.55. The number of amides is 1. The van der Waals surface area contributed by atoms with Gasteiger partial charge in [-0.2, -0.15) is 0 Å². The molecule has 0 atom stereocenters. The molecule has 0 bridgehead atoms. The summed E-state index contributed by atoms with van der Waals surface area (Å²) in [5.74, 6) is -0.589. The van der Waals surface area contributed by atoms with E-state index in [2.05, 4.69) is 5.32 Å². The van der Waals surface area contributed by atoms with Crippen LogP contribution in [0.15, 0.2) is 40.8 Å². The van der Waals surface area contributed by atoms with E-state index in [0.717, 1.165) is 5.56 Å². The minimum absolute atomic E-state index is 0.167. The fraction of sp³-hybridized carbons (Fsp3) is 0.118. The fourth-order valence-electron chi connectivity index (χ4n) is 2.33. The SMILES string of the molecule is Cc1c(Cl)cccc1NC(=O)c1oc2ccc(F)cc2c1C. The van der Waals surface area contributed by atoms with Gasteiger partial charge >= 0.3 is 0 Å². The maximum Gasteiger partial charge on any atom is 0.291 e. The van der Waals surface area contributed by atoms with Gasteiger partial charge in [-0.05, 0) is 49.7 Å². The second-order valence-corrected chi connectivity index (χ2v) is 5.47. The minimum atomic E-state index is -0.389. The molecule has 2 aromatic carbocycles. The number of nitrogens with one attached hydrogen (secondary N) is 1. The number of carbonyl (C=O) groups is 1. The van der Waals surface area contributed by atoms with Crippen LogP contribution in [0.5, 0.6) is 0 Å². The Morgan fingerprint density at radius 1 is 1.18 bits per heavy atom. The second kappa shape index (κ2) is 5.46. The molecule has 22 heavy (non-hydrogen) atoms. The summed E-state index contributed by atoms with van der Waals surface area (Å²) in [6, 6.07) is 9.44. The third-order valence-corrected chi connectivity index (χ3v) is 4.03. The molecule has 5 heteroatoms. The maximum atomic E-state index is 13.3. The van der Waals surface area contributed by atoms with Crippen molar-refractivity contribution in [3.05, 3.63) is 64.1 Å². The van der Waals surface area contributed by atoms with Crippen LogP contribution in [-0.2, 0) is 0 Å². The van der Waals surface area contributed by atoms with E-state index in [1.807, 2.05) is 6.92 Å². The molecule has 1 amide bonds. The summed E-state index contributed by atoms with van der Waals surface area (Å²) in [4.78, 5) is 12.4. The molecule has 0 aliphatic rings. The monoisotopic (exact) mass is 317 g/mol. The van der Waals surface area contributed by atoms with Crippen molar-refractivity contribution < 1.29 is 13.6 Å². The summed E-state index contributed by atoms with van der Waals surface area (Å²) in [6.07, 6.45) is 0. The standard InChI is InChI=1S/C17H13ClFNO2/c1-9-12-8-11(19)6-7-15(12)22-16(9)17(21)20-14-5-3-4-13(18)10(14)2/h3-8H,1-2H3,(H,20,21). The van der Waals surface area contributed by atoms with Crippen molar-refractivity contribution >= 4 is 34.2 Å². The first-order chi connectivity index (χ1) is 10.5. The van der Waals surface area contributed by atoms with E-state index in [1.165, 1.54) is 18.2 Å². The molecular formula is C17H13ClFNO2. The van der Waals surface area contributed by atoms with Crippen molar-refractivity contribution in [2.24, 2.45) is 0 Å². The van der Waals surface area contributed by atoms with Crippen molar-refractivity contribution in [1.29, 1.82) is 0 Å². The topological polar surface area (TPSA) is 42.2 Å². The molecule has 1 heterocycles. The quantitative estimate of drug-likeness (QED) is 0.715. The van der Waals surface area contributed by atoms with Gasteiger partial charge in [-0.15, -0.1) is 0 Å². The van der Waals surface area contributed by atoms with Gasteiger partial charge in [0.15, 0.2) is 5.76 Å². The van der Waals surface area contributed by atoms with Crippen LogP contribution in [0.1, 0.15) is 21.7 Å². The summed E-state index contributed by atoms with van der Waals surface area (Å²) in [5.41, 5.74) is 2.47. The van der Waals surface area contributed by atoms with Gasteiger partial charge in [0.05, 0.1) is 0 Å². The molecule has 1 aromatic heterocycles. The van der Waals surface area contributed by atoms with Gasteiger partial charge < -0.3 is 9.73 Å². The lowest BCUT2D eigenvalue weighted by Gasteiger charge is -2.08. The van der Waals surface area contributed by atoms with Gasteiger partial charge in [0.1, 0.15) is 11.4 Å². The van der Waals surface area contributed by atoms with E-state index < -0.39 is 0 Å². The number of halogens is 2. The zero-order valence-corrected chi connectivity index (χ0v) is 12.8. The van der Waals surface area contributed by atoms with E-state index in [1.54, 1.807) is 25.1 Å². The summed E-state index contributed by atoms with van der Waals surface area (Å²) < 4.78 is 18.9. The lowest BCUT2D eigenvalue weighted by molar-refractivity contribution is 0.0998. The van der Waals surface area contributed by atoms with Crippen molar-refractivity contribution in [2.45, 2.75) is 13.8 Å². The zero-order chi connectivity index (χ0) is 15.9. The predicted molar refractivity (Wildman–Crippen MR) is 85.1 cm³/mol. The van der Waals surface area contributed by atoms with Gasteiger partial charge in [-0.1, -0.05) is 17.7 Å². The van der Waals surface area contributed by atoms with Crippen molar-refractivity contribution in [1.82, 2.24) is 0 Å². The zero-order valence-electron chi connectivity index (χ0n) is 12.0. The van der Waals surface area contributed by atoms with E-state index in [9.17, 15) is 9.18 Å². The average molecular weight is 318 g/mol. The Balaban J connectivity index is 1.99. The van der Waals surface area contributed by atoms with Gasteiger partial charge in [0.2, 0.25) is 0 Å². The number of fused-ring (bicyclic) bond motifs is 1. The van der Waals surface area contributed by atoms with Crippen LogP contribution in [0, 0.1) is 19.7 Å². The molecule has 3 aromatic rings. The molecule has 0 saturated heterocycles. The van der Waals surface area contributed by atoms with Crippen molar-refractivity contribution in [3.63, 3.8) is 0 Å². The highest BCUT2D eigenvalue weighted by Gasteiger charge is 2.19. The largest absolute Gasteiger partial charge is 0.451 e. The summed E-state index contributed by atoms with van der Waals surface area (Å²) in [7, 11) is 0. The molecule has 112 valence electrons. The Morgan fingerprint density at radius 2 is 1.95 bits per heavy atom. The predicted octanol–water partition coefficient (Wildman–Crippen LogP) is 5.09. The Hall–Kier alpha value is -2.33. The first kappa shape index (κ1) is 14.6. The Bertz CT molecular complexity index is 886. The Morgan fingerprint density at radius 3 is 2.73 bits per heavy atom. The molecule has 0 saturated carbocycles. The summed E-state index contributed by atoms with van der Waals surface area (Å²) >= 11 is 6.04. The van der Waals surface area contributed by atoms with E-state index in [4.69, 9.17) is 16.0 Å². The first-order valence-electron chi connectivity index (χ1n) is 6.72. The smallest absolute Gasteiger partial charge is 0.291 e. The molecule has 0 spiro atoms. The van der Waals surface area contributed by atoms with Gasteiger partial charge in [-0.3, -0.25) is 4.79 Å². The molecular weight excluding hydrogens is 305 g/mol. The third kappa shape index (κ3) is 2.46. The van der Waals surface area contributed by atoms with Gasteiger partial charge in [-0.25, -0.2) is 4.39 Å². The number of aryl methyl sites for hydroxylation is 1. The maximum absolute atomic E-state index is 13.3. The molecule has 0 aliphatic carbocycles.